The van der Waals surface area contributed by atoms with Crippen LogP contribution in [0.15, 0.2) is 0 Å². The van der Waals surface area contributed by atoms with Crippen LogP contribution in [0.25, 0.3) is 0 Å². The van der Waals surface area contributed by atoms with E-state index in [1.165, 1.54) is 0 Å². The monoisotopic (exact) mass is 3810 g/mol. The van der Waals surface area contributed by atoms with Gasteiger partial charge in [-0.1, -0.05) is 0 Å². The summed E-state index contributed by atoms with van der Waals surface area (Å²) in [6, 6.07) is 0. The smallest absolute Gasteiger partial charge is 0.147 e. The fourth-order valence-electron chi connectivity index (χ4n) is 0. The molecule has 0 amide bonds. The molecule has 240 valence electrons. The van der Waals surface area contributed by atoms with Crippen LogP contribution < -0.4 is 3600 Å². The largest absolute Gasteiger partial charge is 1.00 e. The molecule has 0 fully saturated rings. The summed E-state index contributed by atoms with van der Waals surface area (Å²) in [5.74, 6) is 0. The Labute approximate surface area is 3790 Å². The van der Waals surface area contributed by atoms with Gasteiger partial charge < -0.3 is 0 Å². The Morgan fingerprint density at radius 3 is 0.0200 bits per heavy atom. The maximum absolute atomic E-state index is 0. The number of hydrogen-bond donors (Lipinski definition) is 0. The van der Waals surface area contributed by atoms with Gasteiger partial charge in [-0.25, -0.2) is 0 Å². The molecule has 0 aliphatic carbocycles. The molecule has 0 aromatic carbocycles. The molecule has 100 heteroatoms. The van der Waals surface area contributed by atoms with Gasteiger partial charge in [-0.2, -0.15) is 0 Å². The molecule has 0 unspecified atom stereocenters. The van der Waals surface area contributed by atoms with E-state index in [2.05, 4.69) is 0 Å². The summed E-state index contributed by atoms with van der Waals surface area (Å²) in [6.45, 7) is 0. The third-order valence-electron chi connectivity index (χ3n) is 0. The van der Waals surface area contributed by atoms with Gasteiger partial charge in [-0.15, -0.1) is 372 Å². The molecule has 0 atom stereocenters. The Bertz CT molecular complexity index is 88.1. The van der Waals surface area contributed by atoms with E-state index in [1.807, 2.05) is 0 Å². The van der Waals surface area contributed by atoms with Crippen molar-refractivity contribution >= 4 is 372 Å². The maximum atomic E-state index is 0. The molecule has 0 nitrogen and oxygen atoms in total. The normalized spacial score (nSPS) is 0. The second-order valence-electron chi connectivity index (χ2n) is 0. The summed E-state index contributed by atoms with van der Waals surface area (Å²) in [5.41, 5.74) is 0. The van der Waals surface area contributed by atoms with E-state index in [0.29, 0.717) is 0 Å². The van der Waals surface area contributed by atoms with Crippen LogP contribution in [0.5, 0.6) is 0 Å². The summed E-state index contributed by atoms with van der Waals surface area (Å²) >= 11 is 0. The van der Waals surface area contributed by atoms with Crippen LogP contribution in [0.2, 0.25) is 0 Å². The Hall–Kier alpha value is 123. The van der Waals surface area contributed by atoms with Gasteiger partial charge in [0.25, 0.3) is 0 Å². The molecule has 0 aliphatic rings. The van der Waals surface area contributed by atoms with Crippen molar-refractivity contribution in [3.63, 3.8) is 0 Å². The third-order valence-corrected chi connectivity index (χ3v) is 0. The number of rotatable bonds is 0. The summed E-state index contributed by atoms with van der Waals surface area (Å²) in [4.78, 5) is 0. The first kappa shape index (κ1) is 726. The molecule has 0 aromatic heterocycles. The van der Waals surface area contributed by atoms with Gasteiger partial charge in [0.1, 0.15) is 0 Å². The second kappa shape index (κ2) is 716. The van der Waals surface area contributed by atoms with Crippen molar-refractivity contribution in [2.75, 3.05) is 0 Å². The fraction of sp³-hybridized carbons (Fsp3) is 0. The van der Waals surface area contributed by atoms with Crippen molar-refractivity contribution in [1.82, 2.24) is 0 Å². The fourth-order valence-corrected chi connectivity index (χ4v) is 0. The molecular formula is H30Cl30K70+70. The standard InChI is InChI=1S/30ClH.70K/h30*1H;;;;;;;;;;;;;;;;;;;;;;;;;;;;;;;;;;;;;;;;;;;;;;;;;;;;;;;;;;;;;;;;;;;;;;/q;;;;;;;;;;;;;;;;;;;;;;;;;;;;;;70*+1. The van der Waals surface area contributed by atoms with Crippen LogP contribution in [-0.2, 0) is 0 Å². The maximum Gasteiger partial charge on any atom is 1.00 e. The van der Waals surface area contributed by atoms with Crippen molar-refractivity contribution in [1.29, 1.82) is 0 Å². The summed E-state index contributed by atoms with van der Waals surface area (Å²) in [6.07, 6.45) is 0. The van der Waals surface area contributed by atoms with Crippen LogP contribution in [0.1, 0.15) is 0 Å². The first-order valence-corrected chi connectivity index (χ1v) is 0. The molecule has 0 aromatic rings. The van der Waals surface area contributed by atoms with Gasteiger partial charge >= 0.3 is 3600 Å². The average Bonchev–Trinajstić information content (AvgIpc) is 0. The van der Waals surface area contributed by atoms with Gasteiger partial charge in [0, 0.05) is 0 Å². The zero-order valence-corrected chi connectivity index (χ0v) is 325. The van der Waals surface area contributed by atoms with Crippen LogP contribution in [0.4, 0.5) is 0 Å². The predicted molar refractivity (Wildman–Crippen MR) is 217 cm³/mol. The van der Waals surface area contributed by atoms with Crippen molar-refractivity contribution in [3.8, 4) is 0 Å². The van der Waals surface area contributed by atoms with Crippen molar-refractivity contribution in [2.45, 2.75) is 0 Å². The molecule has 0 heterocycles. The summed E-state index contributed by atoms with van der Waals surface area (Å²) in [7, 11) is 0. The predicted octanol–water partition coefficient (Wildman–Crippen LogP) is -197. The van der Waals surface area contributed by atoms with Gasteiger partial charge in [0.05, 0.1) is 0 Å². The van der Waals surface area contributed by atoms with Gasteiger partial charge in [-0.05, 0) is 0 Å². The van der Waals surface area contributed by atoms with Gasteiger partial charge in [-0.3, -0.25) is 0 Å². The zero-order valence-electron chi connectivity index (χ0n) is 82.2. The molecule has 0 N–H and O–H groups in total. The Kier molecular flexibility index (Phi) is 5200. The van der Waals surface area contributed by atoms with E-state index in [4.69, 9.17) is 0 Å². The SMILES string of the molecule is Cl.Cl.Cl.Cl.Cl.Cl.Cl.Cl.Cl.Cl.Cl.Cl.Cl.Cl.Cl.Cl.Cl.Cl.Cl.Cl.Cl.Cl.Cl.Cl.Cl.Cl.Cl.Cl.Cl.Cl.[K+].[K+].[K+].[K+].[K+].[K+].[K+].[K+].[K+].[K+].[K+].[K+].[K+].[K+].[K+].[K+].[K+].[K+].[K+].[K+].[K+].[K+].[K+].[K+].[K+].[K+].[K+].[K+].[K+].[K+].[K+].[K+].[K+].[K+].[K+].[K+].[K+].[K+].[K+].[K+].[K+].[K+].[K+].[K+].[K+].[K+].[K+].[K+].[K+].[K+].[K+].[K+].[K+].[K+].[K+].[K+].[K+].[K+].[K+].[K+].[K+].[K+].[K+].[K+].[K+].[K+].[K+].[K+].[K+].[K+]. The molecule has 0 aliphatic heterocycles. The van der Waals surface area contributed by atoms with E-state index < -0.39 is 0 Å². The van der Waals surface area contributed by atoms with Crippen LogP contribution in [-0.4, -0.2) is 0 Å². The zero-order chi connectivity index (χ0) is 0. The second-order valence-corrected chi connectivity index (χ2v) is 0. The molecule has 0 radical (unpaired) electrons. The topological polar surface area (TPSA) is 0 Å². The van der Waals surface area contributed by atoms with Gasteiger partial charge in [0.2, 0.25) is 0 Å². The average molecular weight is 3830 g/mol. The van der Waals surface area contributed by atoms with Crippen molar-refractivity contribution in [2.24, 2.45) is 0 Å². The third kappa shape index (κ3) is 707. The molecular weight excluding hydrogens is 3800 g/mol. The number of hydrogen-bond acceptors (Lipinski definition) is 0. The summed E-state index contributed by atoms with van der Waals surface area (Å²) < 4.78 is 0. The number of halogens is 30. The minimum absolute atomic E-state index is 0. The van der Waals surface area contributed by atoms with E-state index in [9.17, 15) is 0 Å². The Morgan fingerprint density at radius 1 is 0.0200 bits per heavy atom. The van der Waals surface area contributed by atoms with Gasteiger partial charge in [0.15, 0.2) is 0 Å². The molecule has 100 heavy (non-hydrogen) atoms. The van der Waals surface area contributed by atoms with E-state index >= 15 is 0 Å². The molecule has 0 spiro atoms. The first-order chi connectivity index (χ1) is 0. The van der Waals surface area contributed by atoms with E-state index in [0.717, 1.165) is 0 Å². The minimum Gasteiger partial charge on any atom is -0.147 e. The van der Waals surface area contributed by atoms with Crippen molar-refractivity contribution in [3.05, 3.63) is 0 Å². The summed E-state index contributed by atoms with van der Waals surface area (Å²) in [5, 5.41) is 0. The molecule has 0 rings (SSSR count). The quantitative estimate of drug-likeness (QED) is 0.212. The van der Waals surface area contributed by atoms with Crippen LogP contribution in [0.3, 0.4) is 0 Å². The van der Waals surface area contributed by atoms with Crippen LogP contribution >= 0.6 is 372 Å². The van der Waals surface area contributed by atoms with Crippen molar-refractivity contribution < 1.29 is 3600 Å². The van der Waals surface area contributed by atoms with Crippen LogP contribution in [0, 0.1) is 0 Å². The van der Waals surface area contributed by atoms with E-state index in [-0.39, 0.29) is 3970 Å². The minimum atomic E-state index is 0. The first-order valence-electron chi connectivity index (χ1n) is 0. The molecule has 0 saturated carbocycles. The molecule has 0 bridgehead atoms. The Morgan fingerprint density at radius 2 is 0.0200 bits per heavy atom. The van der Waals surface area contributed by atoms with E-state index in [1.54, 1.807) is 0 Å². The Balaban J connectivity index is 0. The molecule has 0 saturated heterocycles.